The molecule has 0 amide bonds. The van der Waals surface area contributed by atoms with Gasteiger partial charge in [0.1, 0.15) is 13.2 Å². The van der Waals surface area contributed by atoms with Gasteiger partial charge in [0, 0.05) is 31.4 Å². The Morgan fingerprint density at radius 2 is 2.00 bits per heavy atom. The molecule has 0 bridgehead atoms. The molecule has 0 radical (unpaired) electrons. The van der Waals surface area contributed by atoms with Gasteiger partial charge in [-0.05, 0) is 19.2 Å². The topological polar surface area (TPSA) is 45.2 Å². The van der Waals surface area contributed by atoms with E-state index in [0.29, 0.717) is 13.2 Å². The van der Waals surface area contributed by atoms with E-state index in [4.69, 9.17) is 9.47 Å². The zero-order valence-corrected chi connectivity index (χ0v) is 11.2. The van der Waals surface area contributed by atoms with Gasteiger partial charge < -0.3 is 19.5 Å². The Hall–Kier alpha value is -1.46. The van der Waals surface area contributed by atoms with Crippen LogP contribution < -0.4 is 14.4 Å². The van der Waals surface area contributed by atoms with Gasteiger partial charge in [0.05, 0.1) is 12.6 Å². The van der Waals surface area contributed by atoms with Crippen LogP contribution in [0.15, 0.2) is 18.2 Å². The summed E-state index contributed by atoms with van der Waals surface area (Å²) in [5, 5.41) is 9.41. The molecular formula is C14H20N2O3. The Bertz CT molecular complexity index is 452. The van der Waals surface area contributed by atoms with E-state index in [-0.39, 0.29) is 12.6 Å². The Labute approximate surface area is 113 Å². The number of fused-ring (bicyclic) bond motifs is 1. The normalized spacial score (nSPS) is 23.5. The fourth-order valence-corrected chi connectivity index (χ4v) is 2.61. The van der Waals surface area contributed by atoms with Gasteiger partial charge in [0.25, 0.3) is 0 Å². The molecule has 1 saturated heterocycles. The first-order valence-electron chi connectivity index (χ1n) is 6.73. The van der Waals surface area contributed by atoms with Crippen molar-refractivity contribution in [2.45, 2.75) is 6.04 Å². The lowest BCUT2D eigenvalue weighted by Crippen LogP contribution is -2.53. The van der Waals surface area contributed by atoms with Crippen LogP contribution in [0.25, 0.3) is 0 Å². The number of benzene rings is 1. The van der Waals surface area contributed by atoms with E-state index in [2.05, 4.69) is 22.9 Å². The van der Waals surface area contributed by atoms with Crippen LogP contribution >= 0.6 is 0 Å². The Morgan fingerprint density at radius 3 is 2.79 bits per heavy atom. The number of piperazine rings is 1. The van der Waals surface area contributed by atoms with Crippen molar-refractivity contribution in [2.24, 2.45) is 0 Å². The van der Waals surface area contributed by atoms with Gasteiger partial charge in [-0.2, -0.15) is 0 Å². The van der Waals surface area contributed by atoms with Crippen molar-refractivity contribution in [3.8, 4) is 11.5 Å². The van der Waals surface area contributed by atoms with Gasteiger partial charge in [-0.1, -0.05) is 0 Å². The van der Waals surface area contributed by atoms with Crippen molar-refractivity contribution in [2.75, 3.05) is 51.4 Å². The summed E-state index contributed by atoms with van der Waals surface area (Å²) in [5.41, 5.74) is 1.14. The fraction of sp³-hybridized carbons (Fsp3) is 0.571. The first-order chi connectivity index (χ1) is 9.28. The van der Waals surface area contributed by atoms with Crippen LogP contribution in [0.2, 0.25) is 0 Å². The largest absolute Gasteiger partial charge is 0.486 e. The van der Waals surface area contributed by atoms with Crippen molar-refractivity contribution in [3.63, 3.8) is 0 Å². The molecule has 5 nitrogen and oxygen atoms in total. The summed E-state index contributed by atoms with van der Waals surface area (Å²) in [4.78, 5) is 4.49. The second kappa shape index (κ2) is 5.27. The molecule has 0 aliphatic carbocycles. The lowest BCUT2D eigenvalue weighted by Gasteiger charge is -2.40. The summed E-state index contributed by atoms with van der Waals surface area (Å²) in [7, 11) is 2.06. The number of hydrogen-bond donors (Lipinski definition) is 1. The molecule has 2 aliphatic rings. The van der Waals surface area contributed by atoms with Crippen LogP contribution in [0, 0.1) is 0 Å². The van der Waals surface area contributed by atoms with Crippen LogP contribution in [-0.4, -0.2) is 62.6 Å². The quantitative estimate of drug-likeness (QED) is 0.846. The number of anilines is 1. The maximum absolute atomic E-state index is 9.41. The van der Waals surface area contributed by atoms with Crippen LogP contribution in [0.1, 0.15) is 0 Å². The molecule has 3 rings (SSSR count). The average molecular weight is 264 g/mol. The highest BCUT2D eigenvalue weighted by atomic mass is 16.6. The monoisotopic (exact) mass is 264 g/mol. The molecule has 1 unspecified atom stereocenters. The smallest absolute Gasteiger partial charge is 0.163 e. The van der Waals surface area contributed by atoms with Gasteiger partial charge in [-0.25, -0.2) is 0 Å². The molecule has 0 spiro atoms. The summed E-state index contributed by atoms with van der Waals surface area (Å²) < 4.78 is 11.2. The molecule has 1 N–H and O–H groups in total. The van der Waals surface area contributed by atoms with E-state index >= 15 is 0 Å². The summed E-state index contributed by atoms with van der Waals surface area (Å²) in [6, 6.07) is 6.26. The summed E-state index contributed by atoms with van der Waals surface area (Å²) >= 11 is 0. The molecule has 1 atom stereocenters. The lowest BCUT2D eigenvalue weighted by atomic mass is 10.1. The third-order valence-electron chi connectivity index (χ3n) is 3.88. The fourth-order valence-electron chi connectivity index (χ4n) is 2.61. The average Bonchev–Trinajstić information content (AvgIpc) is 2.47. The summed E-state index contributed by atoms with van der Waals surface area (Å²) in [6.07, 6.45) is 0. The predicted octanol–water partition coefficient (Wildman–Crippen LogP) is 0.570. The molecule has 1 aromatic carbocycles. The Balaban J connectivity index is 1.78. The minimum Gasteiger partial charge on any atom is -0.486 e. The van der Waals surface area contributed by atoms with Gasteiger partial charge in [-0.15, -0.1) is 0 Å². The molecule has 0 aromatic heterocycles. The highest BCUT2D eigenvalue weighted by Crippen LogP contribution is 2.34. The molecule has 5 heteroatoms. The number of hydrogen-bond acceptors (Lipinski definition) is 5. The van der Waals surface area contributed by atoms with E-state index < -0.39 is 0 Å². The molecule has 104 valence electrons. The van der Waals surface area contributed by atoms with Crippen molar-refractivity contribution < 1.29 is 14.6 Å². The van der Waals surface area contributed by atoms with Crippen LogP contribution in [-0.2, 0) is 0 Å². The number of aliphatic hydroxyl groups is 1. The van der Waals surface area contributed by atoms with Gasteiger partial charge >= 0.3 is 0 Å². The van der Waals surface area contributed by atoms with Crippen molar-refractivity contribution >= 4 is 5.69 Å². The zero-order valence-electron chi connectivity index (χ0n) is 11.2. The zero-order chi connectivity index (χ0) is 13.2. The first kappa shape index (κ1) is 12.6. The van der Waals surface area contributed by atoms with E-state index in [1.54, 1.807) is 0 Å². The van der Waals surface area contributed by atoms with Crippen molar-refractivity contribution in [3.05, 3.63) is 18.2 Å². The van der Waals surface area contributed by atoms with Crippen LogP contribution in [0.4, 0.5) is 5.69 Å². The predicted molar refractivity (Wildman–Crippen MR) is 73.1 cm³/mol. The number of nitrogens with zero attached hydrogens (tertiary/aromatic N) is 2. The van der Waals surface area contributed by atoms with Crippen molar-refractivity contribution in [1.82, 2.24) is 4.90 Å². The third-order valence-corrected chi connectivity index (χ3v) is 3.88. The Morgan fingerprint density at radius 1 is 1.21 bits per heavy atom. The molecule has 0 saturated carbocycles. The molecular weight excluding hydrogens is 244 g/mol. The second-order valence-electron chi connectivity index (χ2n) is 5.09. The van der Waals surface area contributed by atoms with E-state index in [1.165, 1.54) is 0 Å². The molecule has 1 fully saturated rings. The van der Waals surface area contributed by atoms with Gasteiger partial charge in [-0.3, -0.25) is 4.90 Å². The number of aliphatic hydroxyl groups excluding tert-OH is 1. The lowest BCUT2D eigenvalue weighted by molar-refractivity contribution is 0.135. The Kier molecular flexibility index (Phi) is 3.48. The highest BCUT2D eigenvalue weighted by molar-refractivity contribution is 5.57. The maximum atomic E-state index is 9.41. The number of likely N-dealkylation sites (N-methyl/N-ethyl adjacent to an activating group) is 1. The van der Waals surface area contributed by atoms with E-state index in [0.717, 1.165) is 36.8 Å². The van der Waals surface area contributed by atoms with Gasteiger partial charge in [0.2, 0.25) is 0 Å². The maximum Gasteiger partial charge on any atom is 0.163 e. The molecule has 2 heterocycles. The van der Waals surface area contributed by atoms with Gasteiger partial charge in [0.15, 0.2) is 11.5 Å². The minimum atomic E-state index is 0.192. The minimum absolute atomic E-state index is 0.192. The summed E-state index contributed by atoms with van der Waals surface area (Å²) in [6.45, 7) is 4.18. The third kappa shape index (κ3) is 2.48. The van der Waals surface area contributed by atoms with E-state index in [9.17, 15) is 5.11 Å². The molecule has 1 aromatic rings. The second-order valence-corrected chi connectivity index (χ2v) is 5.09. The van der Waals surface area contributed by atoms with Crippen LogP contribution in [0.3, 0.4) is 0 Å². The highest BCUT2D eigenvalue weighted by Gasteiger charge is 2.24. The van der Waals surface area contributed by atoms with Crippen molar-refractivity contribution in [1.29, 1.82) is 0 Å². The molecule has 2 aliphatic heterocycles. The SMILES string of the molecule is CN1CCN(c2ccc3c(c2)OCCO3)CC1CO. The number of ether oxygens (including phenoxy) is 2. The van der Waals surface area contributed by atoms with Crippen LogP contribution in [0.5, 0.6) is 11.5 Å². The number of rotatable bonds is 2. The summed E-state index contributed by atoms with van der Waals surface area (Å²) in [5.74, 6) is 1.64. The van der Waals surface area contributed by atoms with E-state index in [1.807, 2.05) is 12.1 Å². The first-order valence-corrected chi connectivity index (χ1v) is 6.73. The molecule has 19 heavy (non-hydrogen) atoms. The standard InChI is InChI=1S/C14H20N2O3/c1-15-4-5-16(9-12(15)10-17)11-2-3-13-14(8-11)19-7-6-18-13/h2-3,8,12,17H,4-7,9-10H2,1H3.